The minimum atomic E-state index is -0.254. The van der Waals surface area contributed by atoms with Gasteiger partial charge in [0.25, 0.3) is 11.8 Å². The molecule has 0 saturated heterocycles. The molecule has 0 saturated carbocycles. The summed E-state index contributed by atoms with van der Waals surface area (Å²) in [5.74, 6) is 0.0459. The van der Waals surface area contributed by atoms with Crippen molar-refractivity contribution in [3.05, 3.63) is 88.9 Å². The van der Waals surface area contributed by atoms with Crippen LogP contribution < -0.4 is 10.6 Å². The van der Waals surface area contributed by atoms with Crippen molar-refractivity contribution in [3.63, 3.8) is 0 Å². The van der Waals surface area contributed by atoms with Gasteiger partial charge in [0.2, 0.25) is 0 Å². The second kappa shape index (κ2) is 7.64. The highest BCUT2D eigenvalue weighted by atomic mass is 16.2. The van der Waals surface area contributed by atoms with Gasteiger partial charge in [0, 0.05) is 18.0 Å². The molecular weight excluding hydrogens is 392 g/mol. The molecule has 4 aromatic rings. The normalized spacial score (nSPS) is 14.9. The first-order chi connectivity index (χ1) is 15.1. The van der Waals surface area contributed by atoms with Crippen molar-refractivity contribution < 1.29 is 9.59 Å². The van der Waals surface area contributed by atoms with Crippen molar-refractivity contribution in [1.29, 1.82) is 0 Å². The van der Waals surface area contributed by atoms with Gasteiger partial charge in [-0.05, 0) is 72.9 Å². The van der Waals surface area contributed by atoms with E-state index in [1.807, 2.05) is 37.3 Å². The topological polar surface area (TPSA) is 101 Å². The van der Waals surface area contributed by atoms with Crippen LogP contribution in [0, 0.1) is 6.92 Å². The standard InChI is InChI=1S/C23H20N6O2/c1-14-9-11-29-19(12-14)21(27-28-29)23(31)25-18-8-6-15-13-16(5-7-17(15)18)22(30)26-20-4-2-3-10-24-20/h2-5,7,9-13,18H,6,8H2,1H3,(H,25,31)(H,24,26,30)/t18-/m1/s1. The third-order valence-corrected chi connectivity index (χ3v) is 5.48. The highest BCUT2D eigenvalue weighted by Crippen LogP contribution is 2.32. The summed E-state index contributed by atoms with van der Waals surface area (Å²) in [6.07, 6.45) is 4.97. The number of carbonyl (C=O) groups is 2. The summed E-state index contributed by atoms with van der Waals surface area (Å²) >= 11 is 0. The SMILES string of the molecule is Cc1ccn2nnc(C(=O)N[C@@H]3CCc4cc(C(=O)Nc5ccccn5)ccc43)c2c1. The molecule has 1 aromatic carbocycles. The molecule has 0 bridgehead atoms. The highest BCUT2D eigenvalue weighted by Gasteiger charge is 2.27. The molecule has 0 aliphatic heterocycles. The van der Waals surface area contributed by atoms with Gasteiger partial charge < -0.3 is 10.6 Å². The van der Waals surface area contributed by atoms with Crippen LogP contribution in [0.25, 0.3) is 5.52 Å². The van der Waals surface area contributed by atoms with Crippen molar-refractivity contribution in [3.8, 4) is 0 Å². The second-order valence-electron chi connectivity index (χ2n) is 7.62. The molecule has 2 amide bonds. The van der Waals surface area contributed by atoms with E-state index >= 15 is 0 Å². The molecule has 154 valence electrons. The first-order valence-corrected chi connectivity index (χ1v) is 10.1. The quantitative estimate of drug-likeness (QED) is 0.536. The fourth-order valence-electron chi connectivity index (χ4n) is 3.92. The Morgan fingerprint density at radius 1 is 1.10 bits per heavy atom. The number of pyridine rings is 2. The molecule has 5 rings (SSSR count). The summed E-state index contributed by atoms with van der Waals surface area (Å²) in [5, 5.41) is 13.9. The van der Waals surface area contributed by atoms with E-state index in [9.17, 15) is 9.59 Å². The largest absolute Gasteiger partial charge is 0.344 e. The first kappa shape index (κ1) is 18.9. The number of anilines is 1. The van der Waals surface area contributed by atoms with Crippen LogP contribution in [0.3, 0.4) is 0 Å². The van der Waals surface area contributed by atoms with E-state index in [4.69, 9.17) is 0 Å². The van der Waals surface area contributed by atoms with E-state index in [2.05, 4.69) is 25.9 Å². The van der Waals surface area contributed by atoms with Crippen LogP contribution in [0.15, 0.2) is 60.9 Å². The van der Waals surface area contributed by atoms with Crippen molar-refractivity contribution in [2.45, 2.75) is 25.8 Å². The Kier molecular flexibility index (Phi) is 4.66. The van der Waals surface area contributed by atoms with E-state index in [1.165, 1.54) is 0 Å². The number of nitrogens with one attached hydrogen (secondary N) is 2. The number of benzene rings is 1. The Hall–Kier alpha value is -4.07. The summed E-state index contributed by atoms with van der Waals surface area (Å²) < 4.78 is 1.59. The Morgan fingerprint density at radius 3 is 2.84 bits per heavy atom. The molecule has 0 spiro atoms. The highest BCUT2D eigenvalue weighted by molar-refractivity contribution is 6.04. The summed E-state index contributed by atoms with van der Waals surface area (Å²) in [5.41, 5.74) is 4.67. The van der Waals surface area contributed by atoms with Gasteiger partial charge in [-0.2, -0.15) is 0 Å². The van der Waals surface area contributed by atoms with E-state index in [0.717, 1.165) is 29.5 Å². The molecule has 2 N–H and O–H groups in total. The Bertz CT molecular complexity index is 1300. The van der Waals surface area contributed by atoms with Gasteiger partial charge in [0.15, 0.2) is 5.69 Å². The zero-order valence-corrected chi connectivity index (χ0v) is 16.9. The smallest absolute Gasteiger partial charge is 0.274 e. The molecule has 31 heavy (non-hydrogen) atoms. The molecular formula is C23H20N6O2. The maximum atomic E-state index is 12.9. The molecule has 0 fully saturated rings. The molecule has 1 aliphatic carbocycles. The number of rotatable bonds is 4. The van der Waals surface area contributed by atoms with Gasteiger partial charge in [-0.15, -0.1) is 5.10 Å². The molecule has 0 unspecified atom stereocenters. The van der Waals surface area contributed by atoms with Gasteiger partial charge in [0.05, 0.1) is 11.6 Å². The van der Waals surface area contributed by atoms with Gasteiger partial charge in [-0.25, -0.2) is 9.50 Å². The van der Waals surface area contributed by atoms with Crippen LogP contribution in [-0.4, -0.2) is 31.6 Å². The third-order valence-electron chi connectivity index (χ3n) is 5.48. The van der Waals surface area contributed by atoms with Crippen molar-refractivity contribution in [1.82, 2.24) is 25.1 Å². The molecule has 0 radical (unpaired) electrons. The first-order valence-electron chi connectivity index (χ1n) is 10.1. The van der Waals surface area contributed by atoms with Crippen LogP contribution in [-0.2, 0) is 6.42 Å². The fourth-order valence-corrected chi connectivity index (χ4v) is 3.92. The molecule has 3 aromatic heterocycles. The average Bonchev–Trinajstić information content (AvgIpc) is 3.38. The molecule has 1 aliphatic rings. The lowest BCUT2D eigenvalue weighted by molar-refractivity contribution is 0.0932. The van der Waals surface area contributed by atoms with Crippen LogP contribution in [0.2, 0.25) is 0 Å². The van der Waals surface area contributed by atoms with Gasteiger partial charge >= 0.3 is 0 Å². The van der Waals surface area contributed by atoms with Crippen LogP contribution in [0.4, 0.5) is 5.82 Å². The lowest BCUT2D eigenvalue weighted by Gasteiger charge is -2.14. The molecule has 8 heteroatoms. The summed E-state index contributed by atoms with van der Waals surface area (Å²) in [6.45, 7) is 1.96. The number of amides is 2. The summed E-state index contributed by atoms with van der Waals surface area (Å²) in [7, 11) is 0. The van der Waals surface area contributed by atoms with Gasteiger partial charge in [-0.3, -0.25) is 9.59 Å². The average molecular weight is 412 g/mol. The zero-order valence-electron chi connectivity index (χ0n) is 16.9. The van der Waals surface area contributed by atoms with Crippen LogP contribution >= 0.6 is 0 Å². The summed E-state index contributed by atoms with van der Waals surface area (Å²) in [4.78, 5) is 29.5. The van der Waals surface area contributed by atoms with E-state index in [1.54, 1.807) is 35.1 Å². The number of carbonyl (C=O) groups excluding carboxylic acids is 2. The third kappa shape index (κ3) is 3.63. The van der Waals surface area contributed by atoms with Gasteiger partial charge in [0.1, 0.15) is 5.82 Å². The van der Waals surface area contributed by atoms with Crippen molar-refractivity contribution >= 4 is 23.1 Å². The number of hydrogen-bond acceptors (Lipinski definition) is 5. The van der Waals surface area contributed by atoms with Crippen LogP contribution in [0.5, 0.6) is 0 Å². The molecule has 3 heterocycles. The van der Waals surface area contributed by atoms with E-state index in [0.29, 0.717) is 22.6 Å². The second-order valence-corrected chi connectivity index (χ2v) is 7.62. The summed E-state index contributed by atoms with van der Waals surface area (Å²) in [6, 6.07) is 14.6. The van der Waals surface area contributed by atoms with Crippen molar-refractivity contribution in [2.75, 3.05) is 5.32 Å². The minimum Gasteiger partial charge on any atom is -0.344 e. The zero-order chi connectivity index (χ0) is 21.4. The maximum absolute atomic E-state index is 12.9. The predicted molar refractivity (Wildman–Crippen MR) is 115 cm³/mol. The lowest BCUT2D eigenvalue weighted by atomic mass is 10.0. The van der Waals surface area contributed by atoms with E-state index in [-0.39, 0.29) is 17.9 Å². The minimum absolute atomic E-state index is 0.128. The van der Waals surface area contributed by atoms with Crippen molar-refractivity contribution in [2.24, 2.45) is 0 Å². The number of fused-ring (bicyclic) bond motifs is 2. The Morgan fingerprint density at radius 2 is 2.00 bits per heavy atom. The fraction of sp³-hybridized carbons (Fsp3) is 0.174. The maximum Gasteiger partial charge on any atom is 0.274 e. The van der Waals surface area contributed by atoms with Gasteiger partial charge in [-0.1, -0.05) is 17.3 Å². The van der Waals surface area contributed by atoms with Crippen LogP contribution in [0.1, 0.15) is 50.0 Å². The molecule has 1 atom stereocenters. The van der Waals surface area contributed by atoms with E-state index < -0.39 is 0 Å². The Labute approximate surface area is 178 Å². The lowest BCUT2D eigenvalue weighted by Crippen LogP contribution is -2.27. The number of hydrogen-bond donors (Lipinski definition) is 2. The Balaban J connectivity index is 1.33. The monoisotopic (exact) mass is 412 g/mol. The predicted octanol–water partition coefficient (Wildman–Crippen LogP) is 3.10. The number of aromatic nitrogens is 4. The number of nitrogens with zero attached hydrogens (tertiary/aromatic N) is 4. The number of aryl methyl sites for hydroxylation is 2. The molecule has 8 nitrogen and oxygen atoms in total.